The van der Waals surface area contributed by atoms with Gasteiger partial charge in [0.15, 0.2) is 17.3 Å². The van der Waals surface area contributed by atoms with Crippen molar-refractivity contribution in [3.05, 3.63) is 59.7 Å². The van der Waals surface area contributed by atoms with Crippen molar-refractivity contribution in [3.63, 3.8) is 0 Å². The molecule has 0 aliphatic carbocycles. The van der Waals surface area contributed by atoms with Gasteiger partial charge in [0.1, 0.15) is 0 Å². The lowest BCUT2D eigenvalue weighted by molar-refractivity contribution is 0.0624. The van der Waals surface area contributed by atoms with Crippen LogP contribution in [-0.2, 0) is 0 Å². The zero-order chi connectivity index (χ0) is 17.9. The third-order valence-electron chi connectivity index (χ3n) is 4.74. The van der Waals surface area contributed by atoms with E-state index in [0.717, 1.165) is 0 Å². The number of piperazine rings is 1. The maximum absolute atomic E-state index is 12.5. The molecule has 134 valence electrons. The van der Waals surface area contributed by atoms with Gasteiger partial charge in [-0.05, 0) is 30.3 Å². The van der Waals surface area contributed by atoms with Crippen molar-refractivity contribution in [1.82, 2.24) is 9.80 Å². The zero-order valence-electron chi connectivity index (χ0n) is 14.4. The Labute approximate surface area is 151 Å². The van der Waals surface area contributed by atoms with Crippen LogP contribution in [0.5, 0.6) is 11.5 Å². The van der Waals surface area contributed by atoms with Crippen LogP contribution >= 0.6 is 0 Å². The summed E-state index contributed by atoms with van der Waals surface area (Å²) in [4.78, 5) is 28.9. The molecule has 2 aliphatic rings. The van der Waals surface area contributed by atoms with E-state index in [1.165, 1.54) is 0 Å². The molecule has 1 saturated heterocycles. The molecule has 2 aliphatic heterocycles. The van der Waals surface area contributed by atoms with E-state index >= 15 is 0 Å². The second-order valence-electron chi connectivity index (χ2n) is 6.43. The molecule has 6 heteroatoms. The number of Topliss-reactive ketones (excluding diaryl/α,β-unsaturated/α-hetero) is 1. The highest BCUT2D eigenvalue weighted by Gasteiger charge is 2.24. The summed E-state index contributed by atoms with van der Waals surface area (Å²) in [5, 5.41) is 0. The van der Waals surface area contributed by atoms with Crippen molar-refractivity contribution >= 4 is 11.7 Å². The maximum Gasteiger partial charge on any atom is 0.253 e. The molecule has 0 unspecified atom stereocenters. The predicted molar refractivity (Wildman–Crippen MR) is 95.7 cm³/mol. The standard InChI is InChI=1S/C20H20N2O4/c23-17(16-6-7-18-19(12-16)26-14-25-18)13-21-8-10-22(11-9-21)20(24)15-4-2-1-3-5-15/h1-7,12H,8-11,13-14H2. The van der Waals surface area contributed by atoms with Gasteiger partial charge >= 0.3 is 0 Å². The molecule has 0 radical (unpaired) electrons. The Hall–Kier alpha value is -2.86. The van der Waals surface area contributed by atoms with E-state index in [9.17, 15) is 9.59 Å². The van der Waals surface area contributed by atoms with E-state index in [1.54, 1.807) is 18.2 Å². The first-order chi connectivity index (χ1) is 12.7. The van der Waals surface area contributed by atoms with Gasteiger partial charge in [0.2, 0.25) is 6.79 Å². The monoisotopic (exact) mass is 352 g/mol. The number of amides is 1. The number of hydrogen-bond donors (Lipinski definition) is 0. The molecule has 0 spiro atoms. The molecule has 1 fully saturated rings. The van der Waals surface area contributed by atoms with Crippen molar-refractivity contribution in [1.29, 1.82) is 0 Å². The lowest BCUT2D eigenvalue weighted by Gasteiger charge is -2.34. The van der Waals surface area contributed by atoms with Crippen LogP contribution in [0.4, 0.5) is 0 Å². The number of benzene rings is 2. The first-order valence-electron chi connectivity index (χ1n) is 8.70. The average Bonchev–Trinajstić information content (AvgIpc) is 3.16. The fourth-order valence-corrected chi connectivity index (χ4v) is 3.24. The van der Waals surface area contributed by atoms with Gasteiger partial charge in [0.25, 0.3) is 5.91 Å². The topological polar surface area (TPSA) is 59.1 Å². The lowest BCUT2D eigenvalue weighted by Crippen LogP contribution is -2.49. The molecular formula is C20H20N2O4. The second kappa shape index (κ2) is 7.17. The molecule has 26 heavy (non-hydrogen) atoms. The molecule has 0 atom stereocenters. The molecule has 0 N–H and O–H groups in total. The molecule has 6 nitrogen and oxygen atoms in total. The second-order valence-corrected chi connectivity index (χ2v) is 6.43. The largest absolute Gasteiger partial charge is 0.454 e. The van der Waals surface area contributed by atoms with Crippen molar-refractivity contribution in [2.24, 2.45) is 0 Å². The SMILES string of the molecule is O=C(CN1CCN(C(=O)c2ccccc2)CC1)c1ccc2c(c1)OCO2. The Morgan fingerprint density at radius 1 is 0.846 bits per heavy atom. The van der Waals surface area contributed by atoms with Gasteiger partial charge in [-0.2, -0.15) is 0 Å². The highest BCUT2D eigenvalue weighted by Crippen LogP contribution is 2.32. The van der Waals surface area contributed by atoms with Gasteiger partial charge < -0.3 is 14.4 Å². The summed E-state index contributed by atoms with van der Waals surface area (Å²) >= 11 is 0. The van der Waals surface area contributed by atoms with Gasteiger partial charge in [0, 0.05) is 37.3 Å². The first kappa shape index (κ1) is 16.6. The summed E-state index contributed by atoms with van der Waals surface area (Å²) in [5.74, 6) is 1.39. The van der Waals surface area contributed by atoms with Crippen LogP contribution in [0.1, 0.15) is 20.7 Å². The van der Waals surface area contributed by atoms with Crippen LogP contribution in [0.2, 0.25) is 0 Å². The van der Waals surface area contributed by atoms with Crippen LogP contribution < -0.4 is 9.47 Å². The van der Waals surface area contributed by atoms with Crippen LogP contribution in [-0.4, -0.2) is 61.0 Å². The molecule has 0 aromatic heterocycles. The Morgan fingerprint density at radius 3 is 2.35 bits per heavy atom. The Morgan fingerprint density at radius 2 is 1.58 bits per heavy atom. The predicted octanol–water partition coefficient (Wildman–Crippen LogP) is 2.06. The van der Waals surface area contributed by atoms with Crippen molar-refractivity contribution in [2.45, 2.75) is 0 Å². The normalized spacial score (nSPS) is 16.5. The van der Waals surface area contributed by atoms with Gasteiger partial charge in [-0.1, -0.05) is 18.2 Å². The molecule has 4 rings (SSSR count). The van der Waals surface area contributed by atoms with Crippen LogP contribution in [0.25, 0.3) is 0 Å². The highest BCUT2D eigenvalue weighted by atomic mass is 16.7. The summed E-state index contributed by atoms with van der Waals surface area (Å²) in [6.45, 7) is 3.17. The van der Waals surface area contributed by atoms with Crippen molar-refractivity contribution in [3.8, 4) is 11.5 Å². The first-order valence-corrected chi connectivity index (χ1v) is 8.70. The fraction of sp³-hybridized carbons (Fsp3) is 0.300. The molecule has 0 saturated carbocycles. The molecule has 2 aromatic carbocycles. The Bertz CT molecular complexity index is 814. The molecule has 1 amide bonds. The van der Waals surface area contributed by atoms with E-state index in [1.807, 2.05) is 35.2 Å². The molecule has 2 aromatic rings. The summed E-state index contributed by atoms with van der Waals surface area (Å²) < 4.78 is 10.6. The summed E-state index contributed by atoms with van der Waals surface area (Å²) in [6, 6.07) is 14.6. The van der Waals surface area contributed by atoms with Crippen LogP contribution in [0.15, 0.2) is 48.5 Å². The Kier molecular flexibility index (Phi) is 4.58. The highest BCUT2D eigenvalue weighted by molar-refractivity contribution is 5.98. The van der Waals surface area contributed by atoms with E-state index in [4.69, 9.17) is 9.47 Å². The number of nitrogens with zero attached hydrogens (tertiary/aromatic N) is 2. The number of carbonyl (C=O) groups is 2. The minimum absolute atomic E-state index is 0.0473. The van der Waals surface area contributed by atoms with E-state index in [-0.39, 0.29) is 18.5 Å². The summed E-state index contributed by atoms with van der Waals surface area (Å²) in [5.41, 5.74) is 1.33. The zero-order valence-corrected chi connectivity index (χ0v) is 14.4. The van der Waals surface area contributed by atoms with Gasteiger partial charge in [0.05, 0.1) is 6.54 Å². The number of ketones is 1. The number of ether oxygens (including phenoxy) is 2. The summed E-state index contributed by atoms with van der Waals surface area (Å²) in [6.07, 6.45) is 0. The van der Waals surface area contributed by atoms with E-state index < -0.39 is 0 Å². The lowest BCUT2D eigenvalue weighted by atomic mass is 10.1. The van der Waals surface area contributed by atoms with E-state index in [2.05, 4.69) is 4.90 Å². The van der Waals surface area contributed by atoms with Gasteiger partial charge in [-0.3, -0.25) is 14.5 Å². The third kappa shape index (κ3) is 3.41. The van der Waals surface area contributed by atoms with Crippen molar-refractivity contribution < 1.29 is 19.1 Å². The van der Waals surface area contributed by atoms with Gasteiger partial charge in [-0.25, -0.2) is 0 Å². The average molecular weight is 352 g/mol. The van der Waals surface area contributed by atoms with Crippen LogP contribution in [0.3, 0.4) is 0 Å². The number of fused-ring (bicyclic) bond motifs is 1. The number of carbonyl (C=O) groups excluding carboxylic acids is 2. The maximum atomic E-state index is 12.5. The number of rotatable bonds is 4. The molecular weight excluding hydrogens is 332 g/mol. The van der Waals surface area contributed by atoms with E-state index in [0.29, 0.717) is 55.3 Å². The minimum atomic E-state index is 0.0473. The van der Waals surface area contributed by atoms with Crippen LogP contribution in [0, 0.1) is 0 Å². The molecule has 0 bridgehead atoms. The molecule has 2 heterocycles. The fourth-order valence-electron chi connectivity index (χ4n) is 3.24. The van der Waals surface area contributed by atoms with Crippen molar-refractivity contribution in [2.75, 3.05) is 39.5 Å². The minimum Gasteiger partial charge on any atom is -0.454 e. The Balaban J connectivity index is 1.32. The number of hydrogen-bond acceptors (Lipinski definition) is 5. The third-order valence-corrected chi connectivity index (χ3v) is 4.74. The van der Waals surface area contributed by atoms with Gasteiger partial charge in [-0.15, -0.1) is 0 Å². The summed E-state index contributed by atoms with van der Waals surface area (Å²) in [7, 11) is 0. The smallest absolute Gasteiger partial charge is 0.253 e. The quantitative estimate of drug-likeness (QED) is 0.789.